The van der Waals surface area contributed by atoms with E-state index in [2.05, 4.69) is 0 Å². The highest BCUT2D eigenvalue weighted by Gasteiger charge is 2.48. The molecule has 1 fully saturated rings. The molecule has 0 aromatic carbocycles. The summed E-state index contributed by atoms with van der Waals surface area (Å²) in [5.41, 5.74) is 0. The predicted octanol–water partition coefficient (Wildman–Crippen LogP) is 2.48. The molecule has 1 saturated heterocycles. The summed E-state index contributed by atoms with van der Waals surface area (Å²) in [6.45, 7) is 3.65. The van der Waals surface area contributed by atoms with Crippen molar-refractivity contribution < 1.29 is 54.0 Å². The summed E-state index contributed by atoms with van der Waals surface area (Å²) in [4.78, 5) is 0. The zero-order valence-corrected chi connectivity index (χ0v) is 32.1. The summed E-state index contributed by atoms with van der Waals surface area (Å²) in [7, 11) is 0. The van der Waals surface area contributed by atoms with Crippen LogP contribution in [0.1, 0.15) is 32.1 Å². The SMILES string of the molecule is OCCSCCCOC[C@H]1O[C@H](OCCCSCCO)[C@H](OCCCSCCO)[C@@H](OCCCSCCO)[C@H]1OCCCSCCO. The van der Waals surface area contributed by atoms with Crippen LogP contribution in [-0.2, 0) is 28.4 Å². The van der Waals surface area contributed by atoms with Gasteiger partial charge < -0.3 is 54.0 Å². The number of rotatable bonds is 36. The molecule has 0 amide bonds. The van der Waals surface area contributed by atoms with Gasteiger partial charge in [-0.15, -0.1) is 0 Å². The van der Waals surface area contributed by atoms with Gasteiger partial charge in [0, 0.05) is 55.2 Å². The Hall–Kier alpha value is 1.31. The maximum atomic E-state index is 9.15. The van der Waals surface area contributed by atoms with Gasteiger partial charge in [0.05, 0.1) is 46.2 Å². The number of aliphatic hydroxyl groups is 5. The molecule has 16 heteroatoms. The Morgan fingerprint density at radius 1 is 0.404 bits per heavy atom. The van der Waals surface area contributed by atoms with Gasteiger partial charge in [-0.3, -0.25) is 0 Å². The third-order valence-electron chi connectivity index (χ3n) is 6.57. The van der Waals surface area contributed by atoms with Crippen LogP contribution < -0.4 is 0 Å². The quantitative estimate of drug-likeness (QED) is 0.0592. The second kappa shape index (κ2) is 35.7. The van der Waals surface area contributed by atoms with Gasteiger partial charge in [0.25, 0.3) is 0 Å². The first-order valence-electron chi connectivity index (χ1n) is 16.9. The molecular weight excluding hydrogens is 709 g/mol. The molecule has 0 bridgehead atoms. The number of ether oxygens (including phenoxy) is 6. The van der Waals surface area contributed by atoms with Gasteiger partial charge in [-0.25, -0.2) is 0 Å². The van der Waals surface area contributed by atoms with Crippen molar-refractivity contribution in [3.8, 4) is 0 Å². The minimum Gasteiger partial charge on any atom is -0.396 e. The van der Waals surface area contributed by atoms with Crippen LogP contribution in [0, 0.1) is 0 Å². The van der Waals surface area contributed by atoms with E-state index in [4.69, 9.17) is 54.0 Å². The predicted molar refractivity (Wildman–Crippen MR) is 200 cm³/mol. The Morgan fingerprint density at radius 2 is 0.766 bits per heavy atom. The van der Waals surface area contributed by atoms with Crippen LogP contribution in [-0.4, -0.2) is 186 Å². The fourth-order valence-corrected chi connectivity index (χ4v) is 7.79. The average molecular weight is 771 g/mol. The monoisotopic (exact) mass is 770 g/mol. The summed E-state index contributed by atoms with van der Waals surface area (Å²) in [6.07, 6.45) is 1.58. The molecule has 11 nitrogen and oxygen atoms in total. The normalized spacial score (nSPS) is 21.5. The number of aliphatic hydroxyl groups excluding tert-OH is 5. The number of hydrogen-bond acceptors (Lipinski definition) is 16. The van der Waals surface area contributed by atoms with E-state index in [1.165, 1.54) is 0 Å². The van der Waals surface area contributed by atoms with Crippen molar-refractivity contribution >= 4 is 58.8 Å². The van der Waals surface area contributed by atoms with Crippen molar-refractivity contribution in [3.63, 3.8) is 0 Å². The maximum Gasteiger partial charge on any atom is 0.186 e. The molecule has 1 aliphatic rings. The van der Waals surface area contributed by atoms with Gasteiger partial charge in [-0.2, -0.15) is 58.8 Å². The van der Waals surface area contributed by atoms with Crippen LogP contribution in [0.5, 0.6) is 0 Å². The molecule has 1 aliphatic heterocycles. The smallest absolute Gasteiger partial charge is 0.186 e. The Bertz CT molecular complexity index is 651. The van der Waals surface area contributed by atoms with Gasteiger partial charge in [0.2, 0.25) is 0 Å². The van der Waals surface area contributed by atoms with E-state index in [9.17, 15) is 0 Å². The van der Waals surface area contributed by atoms with Gasteiger partial charge in [-0.1, -0.05) is 0 Å². The molecule has 0 aromatic rings. The first kappa shape index (κ1) is 46.3. The summed E-state index contributed by atoms with van der Waals surface area (Å²) in [5, 5.41) is 45.6. The molecule has 1 rings (SSSR count). The van der Waals surface area contributed by atoms with Crippen molar-refractivity contribution in [2.75, 3.05) is 130 Å². The minimum absolute atomic E-state index is 0.156. The van der Waals surface area contributed by atoms with Crippen LogP contribution in [0.3, 0.4) is 0 Å². The maximum absolute atomic E-state index is 9.15. The largest absolute Gasteiger partial charge is 0.396 e. The van der Waals surface area contributed by atoms with Crippen LogP contribution in [0.15, 0.2) is 0 Å². The molecule has 0 radical (unpaired) electrons. The molecule has 5 atom stereocenters. The van der Waals surface area contributed by atoms with E-state index >= 15 is 0 Å². The first-order chi connectivity index (χ1) is 23.2. The lowest BCUT2D eigenvalue weighted by Crippen LogP contribution is -2.62. The number of thioether (sulfide) groups is 5. The third-order valence-corrected chi connectivity index (χ3v) is 11.8. The highest BCUT2D eigenvalue weighted by molar-refractivity contribution is 8.00. The van der Waals surface area contributed by atoms with Gasteiger partial charge >= 0.3 is 0 Å². The van der Waals surface area contributed by atoms with E-state index in [0.717, 1.165) is 66.6 Å². The topological polar surface area (TPSA) is 157 Å². The van der Waals surface area contributed by atoms with Crippen LogP contribution >= 0.6 is 58.8 Å². The lowest BCUT2D eigenvalue weighted by atomic mass is 9.98. The van der Waals surface area contributed by atoms with Crippen LogP contribution in [0.2, 0.25) is 0 Å². The van der Waals surface area contributed by atoms with E-state index in [1.807, 2.05) is 0 Å². The zero-order valence-electron chi connectivity index (χ0n) is 28.0. The Labute approximate surface area is 304 Å². The summed E-state index contributed by atoms with van der Waals surface area (Å²) in [5.74, 6) is 7.89. The van der Waals surface area contributed by atoms with Crippen molar-refractivity contribution in [2.45, 2.75) is 62.8 Å². The second-order valence-electron chi connectivity index (χ2n) is 10.4. The van der Waals surface area contributed by atoms with Crippen LogP contribution in [0.4, 0.5) is 0 Å². The standard InChI is InChI=1S/C31H62O11S5/c32-6-21-43-16-1-11-37-26-27-28(38-12-2-17-44-22-7-33)29(39-13-3-18-45-23-8-34)30(40-14-4-19-46-24-9-35)31(42-27)41-15-5-20-47-25-10-36/h27-36H,1-26H2/t27-,28+,29+,30-,31+/m1/s1. The van der Waals surface area contributed by atoms with Gasteiger partial charge in [-0.05, 0) is 60.9 Å². The van der Waals surface area contributed by atoms with Gasteiger partial charge in [0.15, 0.2) is 6.29 Å². The Balaban J connectivity index is 3.07. The van der Waals surface area contributed by atoms with E-state index < -0.39 is 30.7 Å². The molecule has 0 aliphatic carbocycles. The third kappa shape index (κ3) is 25.0. The van der Waals surface area contributed by atoms with Crippen molar-refractivity contribution in [3.05, 3.63) is 0 Å². The molecule has 1 heterocycles. The van der Waals surface area contributed by atoms with Crippen molar-refractivity contribution in [2.24, 2.45) is 0 Å². The highest BCUT2D eigenvalue weighted by atomic mass is 32.2. The molecule has 0 aromatic heterocycles. The average Bonchev–Trinajstić information content (AvgIpc) is 3.08. The molecular formula is C31H62O11S5. The van der Waals surface area contributed by atoms with E-state index in [1.54, 1.807) is 58.8 Å². The summed E-state index contributed by atoms with van der Waals surface area (Å²) < 4.78 is 38.7. The fourth-order valence-electron chi connectivity index (χ4n) is 4.51. The van der Waals surface area contributed by atoms with Crippen molar-refractivity contribution in [1.82, 2.24) is 0 Å². The Kier molecular flexibility index (Phi) is 35.2. The zero-order chi connectivity index (χ0) is 34.0. The minimum atomic E-state index is -0.676. The molecule has 0 unspecified atom stereocenters. The molecule has 0 spiro atoms. The summed E-state index contributed by atoms with van der Waals surface area (Å²) in [6, 6.07) is 0. The highest BCUT2D eigenvalue weighted by Crippen LogP contribution is 2.30. The molecule has 282 valence electrons. The van der Waals surface area contributed by atoms with Crippen LogP contribution in [0.25, 0.3) is 0 Å². The lowest BCUT2D eigenvalue weighted by Gasteiger charge is -2.46. The molecule has 0 saturated carbocycles. The van der Waals surface area contributed by atoms with Gasteiger partial charge in [0.1, 0.15) is 24.4 Å². The van der Waals surface area contributed by atoms with Crippen molar-refractivity contribution in [1.29, 1.82) is 0 Å². The summed E-state index contributed by atoms with van der Waals surface area (Å²) >= 11 is 8.46. The second-order valence-corrected chi connectivity index (χ2v) is 16.6. The number of hydrogen-bond donors (Lipinski definition) is 5. The lowest BCUT2D eigenvalue weighted by molar-refractivity contribution is -0.323. The van der Waals surface area contributed by atoms with E-state index in [-0.39, 0.29) is 33.0 Å². The first-order valence-corrected chi connectivity index (χ1v) is 22.6. The Morgan fingerprint density at radius 3 is 1.19 bits per heavy atom. The van der Waals surface area contributed by atoms with E-state index in [0.29, 0.717) is 62.7 Å². The molecule has 47 heavy (non-hydrogen) atoms. The molecule has 5 N–H and O–H groups in total. The fraction of sp³-hybridized carbons (Fsp3) is 1.00.